The van der Waals surface area contributed by atoms with Gasteiger partial charge in [0.1, 0.15) is 38.9 Å². The summed E-state index contributed by atoms with van der Waals surface area (Å²) < 4.78 is 20.6. The van der Waals surface area contributed by atoms with Gasteiger partial charge in [-0.2, -0.15) is 5.26 Å². The molecule has 3 rings (SSSR count). The number of anilines is 1. The molecule has 0 aliphatic rings. The highest BCUT2D eigenvalue weighted by Gasteiger charge is 2.26. The first-order valence-corrected chi connectivity index (χ1v) is 12.6. The summed E-state index contributed by atoms with van der Waals surface area (Å²) in [5, 5.41) is 15.5. The number of nitrogens with zero attached hydrogens (tertiary/aromatic N) is 2. The van der Waals surface area contributed by atoms with Crippen LogP contribution in [0.25, 0.3) is 16.8 Å². The molecule has 3 aromatic rings. The Morgan fingerprint density at radius 1 is 1.19 bits per heavy atom. The van der Waals surface area contributed by atoms with E-state index in [9.17, 15) is 14.9 Å². The van der Waals surface area contributed by atoms with E-state index in [2.05, 4.69) is 16.4 Å². The van der Waals surface area contributed by atoms with Crippen LogP contribution in [0.2, 0.25) is 0 Å². The number of nitrogens with one attached hydrogen (secondary N) is 1. The van der Waals surface area contributed by atoms with Crippen LogP contribution in [-0.4, -0.2) is 51.0 Å². The minimum absolute atomic E-state index is 0.0856. The third-order valence-corrected chi connectivity index (χ3v) is 6.98. The number of rotatable bonds is 11. The molecule has 0 aliphatic carbocycles. The zero-order valence-electron chi connectivity index (χ0n) is 20.2. The normalized spacial score (nSPS) is 11.0. The lowest BCUT2D eigenvalue weighted by molar-refractivity contribution is 0.0393. The van der Waals surface area contributed by atoms with Crippen LogP contribution in [0.1, 0.15) is 37.5 Å². The van der Waals surface area contributed by atoms with Crippen LogP contribution >= 0.6 is 22.7 Å². The Bertz CT molecular complexity index is 1310. The molecule has 0 amide bonds. The molecular weight excluding hydrogens is 502 g/mol. The van der Waals surface area contributed by atoms with Crippen molar-refractivity contribution in [1.82, 2.24) is 4.98 Å². The Labute approximate surface area is 216 Å². The number of hydrogen-bond donors (Lipinski definition) is 1. The number of benzene rings is 1. The smallest absolute Gasteiger partial charge is 0.348 e. The van der Waals surface area contributed by atoms with Crippen molar-refractivity contribution in [2.24, 2.45) is 0 Å². The first kappa shape index (κ1) is 26.9. The number of ether oxygens (including phenoxy) is 4. The highest BCUT2D eigenvalue weighted by atomic mass is 32.1. The molecule has 0 spiro atoms. The maximum atomic E-state index is 12.6. The second-order valence-electron chi connectivity index (χ2n) is 7.19. The van der Waals surface area contributed by atoms with Crippen molar-refractivity contribution < 1.29 is 28.5 Å². The largest absolute Gasteiger partial charge is 0.497 e. The van der Waals surface area contributed by atoms with Crippen molar-refractivity contribution in [2.45, 2.75) is 13.8 Å². The third kappa shape index (κ3) is 6.28. The Balaban J connectivity index is 1.90. The molecule has 188 valence electrons. The minimum atomic E-state index is -0.578. The van der Waals surface area contributed by atoms with Gasteiger partial charge in [-0.15, -0.1) is 22.7 Å². The van der Waals surface area contributed by atoms with Crippen LogP contribution in [0, 0.1) is 18.3 Å². The van der Waals surface area contributed by atoms with Gasteiger partial charge in [-0.1, -0.05) is 12.1 Å². The van der Waals surface area contributed by atoms with Crippen molar-refractivity contribution in [2.75, 3.05) is 39.4 Å². The number of aromatic nitrogens is 1. The molecule has 0 fully saturated rings. The summed E-state index contributed by atoms with van der Waals surface area (Å²) >= 11 is 2.36. The molecule has 9 nitrogen and oxygen atoms in total. The molecule has 2 heterocycles. The average molecular weight is 528 g/mol. The van der Waals surface area contributed by atoms with Gasteiger partial charge in [0.05, 0.1) is 31.6 Å². The van der Waals surface area contributed by atoms with Crippen LogP contribution in [0.15, 0.2) is 35.8 Å². The molecule has 0 bridgehead atoms. The highest BCUT2D eigenvalue weighted by molar-refractivity contribution is 7.18. The summed E-state index contributed by atoms with van der Waals surface area (Å²) in [6, 6.07) is 9.60. The van der Waals surface area contributed by atoms with Crippen molar-refractivity contribution in [3.05, 3.63) is 56.9 Å². The maximum Gasteiger partial charge on any atom is 0.348 e. The zero-order valence-corrected chi connectivity index (χ0v) is 21.9. The van der Waals surface area contributed by atoms with Crippen LogP contribution in [0.3, 0.4) is 0 Å². The predicted octanol–water partition coefficient (Wildman–Crippen LogP) is 5.15. The molecule has 0 atom stereocenters. The number of thiazole rings is 1. The van der Waals surface area contributed by atoms with Gasteiger partial charge < -0.3 is 24.3 Å². The van der Waals surface area contributed by atoms with Crippen molar-refractivity contribution in [3.63, 3.8) is 0 Å². The third-order valence-electron chi connectivity index (χ3n) is 4.90. The molecule has 1 N–H and O–H groups in total. The van der Waals surface area contributed by atoms with E-state index in [-0.39, 0.29) is 35.8 Å². The number of thiophene rings is 1. The predicted molar refractivity (Wildman–Crippen MR) is 138 cm³/mol. The van der Waals surface area contributed by atoms with E-state index in [1.807, 2.05) is 29.6 Å². The molecule has 0 saturated carbocycles. The molecule has 11 heteroatoms. The fourth-order valence-corrected chi connectivity index (χ4v) is 4.99. The number of allylic oxidation sites excluding steroid dienone is 1. The number of carbonyl (C=O) groups is 2. The quantitative estimate of drug-likeness (QED) is 0.205. The van der Waals surface area contributed by atoms with Gasteiger partial charge in [0.15, 0.2) is 0 Å². The monoisotopic (exact) mass is 527 g/mol. The Morgan fingerprint density at radius 2 is 2.00 bits per heavy atom. The summed E-state index contributed by atoms with van der Waals surface area (Å²) in [6.07, 6.45) is 1.46. The van der Waals surface area contributed by atoms with Crippen LogP contribution in [0.4, 0.5) is 5.00 Å². The molecule has 0 radical (unpaired) electrons. The Morgan fingerprint density at radius 3 is 2.69 bits per heavy atom. The molecule has 0 saturated heterocycles. The van der Waals surface area contributed by atoms with Gasteiger partial charge in [-0.3, -0.25) is 0 Å². The number of hydrogen-bond acceptors (Lipinski definition) is 11. The van der Waals surface area contributed by atoms with E-state index in [0.29, 0.717) is 27.0 Å². The second kappa shape index (κ2) is 12.8. The van der Waals surface area contributed by atoms with E-state index in [1.54, 1.807) is 21.0 Å². The summed E-state index contributed by atoms with van der Waals surface area (Å²) in [6.45, 7) is 3.86. The fourth-order valence-electron chi connectivity index (χ4n) is 3.13. The van der Waals surface area contributed by atoms with Gasteiger partial charge >= 0.3 is 11.9 Å². The fraction of sp³-hybridized carbons (Fsp3) is 0.280. The topological polar surface area (TPSA) is 120 Å². The minimum Gasteiger partial charge on any atom is -0.497 e. The lowest BCUT2D eigenvalue weighted by Crippen LogP contribution is -2.11. The van der Waals surface area contributed by atoms with E-state index in [0.717, 1.165) is 16.9 Å². The van der Waals surface area contributed by atoms with Crippen LogP contribution in [0.5, 0.6) is 5.75 Å². The van der Waals surface area contributed by atoms with Gasteiger partial charge in [0.25, 0.3) is 0 Å². The van der Waals surface area contributed by atoms with Crippen molar-refractivity contribution in [3.8, 4) is 23.1 Å². The van der Waals surface area contributed by atoms with Gasteiger partial charge in [-0.25, -0.2) is 14.6 Å². The molecule has 1 aromatic carbocycles. The molecule has 36 heavy (non-hydrogen) atoms. The summed E-state index contributed by atoms with van der Waals surface area (Å²) in [5.74, 6) is -0.442. The van der Waals surface area contributed by atoms with E-state index < -0.39 is 11.9 Å². The zero-order chi connectivity index (χ0) is 26.1. The molecule has 2 aromatic heterocycles. The maximum absolute atomic E-state index is 12.6. The SMILES string of the molecule is CCOC(=O)c1c(NC=C(C#N)c2nc(-c3cccc(OC)c3)cs2)sc(C(=O)OCCOC)c1C. The number of methoxy groups -OCH3 is 2. The van der Waals surface area contributed by atoms with Crippen molar-refractivity contribution in [1.29, 1.82) is 5.26 Å². The van der Waals surface area contributed by atoms with Gasteiger partial charge in [0, 0.05) is 24.3 Å². The molecular formula is C25H25N3O6S2. The summed E-state index contributed by atoms with van der Waals surface area (Å²) in [7, 11) is 3.10. The number of nitriles is 1. The Hall–Kier alpha value is -3.72. The van der Waals surface area contributed by atoms with E-state index in [4.69, 9.17) is 18.9 Å². The number of esters is 2. The van der Waals surface area contributed by atoms with Gasteiger partial charge in [0.2, 0.25) is 0 Å². The van der Waals surface area contributed by atoms with E-state index >= 15 is 0 Å². The van der Waals surface area contributed by atoms with Crippen LogP contribution < -0.4 is 10.1 Å². The molecule has 0 aliphatic heterocycles. The van der Waals surface area contributed by atoms with Crippen LogP contribution in [-0.2, 0) is 14.2 Å². The second-order valence-corrected chi connectivity index (χ2v) is 9.07. The average Bonchev–Trinajstić information content (AvgIpc) is 3.50. The Kier molecular flexibility index (Phi) is 9.58. The standard InChI is InChI=1S/C25H25N3O6S2/c1-5-33-24(29)20-15(2)21(25(30)34-10-9-31-3)36-23(20)27-13-17(12-26)22-28-19(14-35-22)16-7-6-8-18(11-16)32-4/h6-8,11,13-14,27H,5,9-10H2,1-4H3. The number of carbonyl (C=O) groups excluding carboxylic acids is 2. The summed E-state index contributed by atoms with van der Waals surface area (Å²) in [5.41, 5.74) is 2.47. The first-order valence-electron chi connectivity index (χ1n) is 10.9. The first-order chi connectivity index (χ1) is 17.4. The molecule has 0 unspecified atom stereocenters. The lowest BCUT2D eigenvalue weighted by Gasteiger charge is -2.05. The highest BCUT2D eigenvalue weighted by Crippen LogP contribution is 2.35. The van der Waals surface area contributed by atoms with Crippen molar-refractivity contribution >= 4 is 45.2 Å². The lowest BCUT2D eigenvalue weighted by atomic mass is 10.1. The summed E-state index contributed by atoms with van der Waals surface area (Å²) in [4.78, 5) is 30.0. The van der Waals surface area contributed by atoms with E-state index in [1.165, 1.54) is 24.6 Å². The van der Waals surface area contributed by atoms with Gasteiger partial charge in [-0.05, 0) is 31.5 Å².